The summed E-state index contributed by atoms with van der Waals surface area (Å²) in [6.07, 6.45) is -1.30. The van der Waals surface area contributed by atoms with Crippen LogP contribution >= 0.6 is 38.4 Å². The second-order valence-electron chi connectivity index (χ2n) is 4.15. The first-order chi connectivity index (χ1) is 11.1. The molecule has 2 N–H and O–H groups in total. The number of alkyl halides is 2. The number of carbonyl (C=O) groups excluding carboxylic acids is 2. The largest absolute Gasteiger partial charge is 0.469 e. The summed E-state index contributed by atoms with van der Waals surface area (Å²) in [6, 6.07) is 0. The summed E-state index contributed by atoms with van der Waals surface area (Å²) >= 11 is 10.7. The first-order valence-corrected chi connectivity index (χ1v) is 10.5. The number of esters is 2. The van der Waals surface area contributed by atoms with E-state index in [9.17, 15) is 28.5 Å². The highest BCUT2D eigenvalue weighted by Gasteiger charge is 2.70. The fourth-order valence-electron chi connectivity index (χ4n) is 1.63. The molecule has 0 aromatic rings. The minimum atomic E-state index is -5.29. The van der Waals surface area contributed by atoms with Gasteiger partial charge in [-0.25, -0.2) is 0 Å². The lowest BCUT2D eigenvalue weighted by Crippen LogP contribution is -2.43. The Morgan fingerprint density at radius 2 is 1.38 bits per heavy atom. The van der Waals surface area contributed by atoms with Gasteiger partial charge in [-0.05, 0) is 0 Å². The molecule has 0 aromatic heterocycles. The summed E-state index contributed by atoms with van der Waals surface area (Å²) in [5.74, 6) is -3.43. The third kappa shape index (κ3) is 5.16. The van der Waals surface area contributed by atoms with Crippen LogP contribution in [0.5, 0.6) is 0 Å². The number of methoxy groups -OCH3 is 2. The van der Waals surface area contributed by atoms with Gasteiger partial charge < -0.3 is 28.3 Å². The number of hydrogen-bond donors (Lipinski definition) is 2. The van der Waals surface area contributed by atoms with Gasteiger partial charge in [-0.3, -0.25) is 18.7 Å². The van der Waals surface area contributed by atoms with Crippen LogP contribution in [0.3, 0.4) is 0 Å². The van der Waals surface area contributed by atoms with Crippen molar-refractivity contribution < 1.29 is 47.0 Å². The van der Waals surface area contributed by atoms with Gasteiger partial charge in [0.05, 0.1) is 33.9 Å². The van der Waals surface area contributed by atoms with Gasteiger partial charge in [-0.1, -0.05) is 0 Å². The van der Waals surface area contributed by atoms with E-state index in [-0.39, 0.29) is 11.8 Å². The van der Waals surface area contributed by atoms with Gasteiger partial charge in [0.15, 0.2) is 0 Å². The van der Waals surface area contributed by atoms with E-state index in [2.05, 4.69) is 18.5 Å². The molecule has 0 amide bonds. The zero-order chi connectivity index (χ0) is 19.0. The molecule has 0 bridgehead atoms. The van der Waals surface area contributed by atoms with Gasteiger partial charge in [0, 0.05) is 11.8 Å². The molecule has 0 aliphatic heterocycles. The highest BCUT2D eigenvalue weighted by atomic mass is 35.5. The van der Waals surface area contributed by atoms with Crippen LogP contribution in [0.25, 0.3) is 0 Å². The van der Waals surface area contributed by atoms with E-state index >= 15 is 0 Å². The van der Waals surface area contributed by atoms with E-state index in [1.54, 1.807) is 0 Å². The quantitative estimate of drug-likeness (QED) is 0.279. The first kappa shape index (κ1) is 23.8. The highest BCUT2D eigenvalue weighted by molar-refractivity contribution is 7.75. The summed E-state index contributed by atoms with van der Waals surface area (Å²) < 4.78 is 43.0. The molecule has 0 radical (unpaired) electrons. The molecule has 0 aliphatic rings. The van der Waals surface area contributed by atoms with Crippen molar-refractivity contribution in [3.05, 3.63) is 0 Å². The minimum Gasteiger partial charge on any atom is -0.469 e. The fourth-order valence-corrected chi connectivity index (χ4v) is 6.03. The first-order valence-electron chi connectivity index (χ1n) is 6.28. The Morgan fingerprint density at radius 3 is 1.67 bits per heavy atom. The second-order valence-corrected chi connectivity index (χ2v) is 9.38. The van der Waals surface area contributed by atoms with Crippen molar-refractivity contribution in [1.29, 1.82) is 0 Å². The van der Waals surface area contributed by atoms with E-state index in [4.69, 9.17) is 23.2 Å². The number of halogens is 2. The topological polar surface area (TPSA) is 146 Å². The molecule has 24 heavy (non-hydrogen) atoms. The van der Waals surface area contributed by atoms with E-state index in [1.807, 2.05) is 0 Å². The molecule has 142 valence electrons. The Bertz CT molecular complexity index is 512. The lowest BCUT2D eigenvalue weighted by molar-refractivity contribution is -0.149. The Hall–Kier alpha value is -0.180. The van der Waals surface area contributed by atoms with Crippen molar-refractivity contribution in [2.24, 2.45) is 0 Å². The average Bonchev–Trinajstić information content (AvgIpc) is 2.54. The van der Waals surface area contributed by atoms with E-state index in [1.165, 1.54) is 0 Å². The summed E-state index contributed by atoms with van der Waals surface area (Å²) in [5, 5.41) is 0. The molecular formula is C10H18Cl2O10P2. The Labute approximate surface area is 148 Å². The third-order valence-corrected chi connectivity index (χ3v) is 8.19. The summed E-state index contributed by atoms with van der Waals surface area (Å²) in [7, 11) is -8.89. The summed E-state index contributed by atoms with van der Waals surface area (Å²) in [4.78, 5) is 40.9. The van der Waals surface area contributed by atoms with Crippen molar-refractivity contribution in [2.75, 3.05) is 39.2 Å². The fraction of sp³-hybridized carbons (Fsp3) is 0.800. The summed E-state index contributed by atoms with van der Waals surface area (Å²) in [6.45, 7) is -1.10. The van der Waals surface area contributed by atoms with Gasteiger partial charge in [-0.15, -0.1) is 23.2 Å². The van der Waals surface area contributed by atoms with E-state index in [0.29, 0.717) is 0 Å². The molecule has 0 spiro atoms. The zero-order valence-electron chi connectivity index (χ0n) is 12.8. The molecule has 2 atom stereocenters. The van der Waals surface area contributed by atoms with Crippen LogP contribution in [0.2, 0.25) is 0 Å². The third-order valence-electron chi connectivity index (χ3n) is 2.75. The smallest absolute Gasteiger partial charge is 0.358 e. The van der Waals surface area contributed by atoms with Crippen LogP contribution in [0.4, 0.5) is 0 Å². The predicted molar refractivity (Wildman–Crippen MR) is 84.4 cm³/mol. The SMILES string of the molecule is COC(=O)CC(C(=O)OC)(P(=O)(O)OCCCl)P(=O)(O)OCCCl. The zero-order valence-corrected chi connectivity index (χ0v) is 16.1. The van der Waals surface area contributed by atoms with E-state index in [0.717, 1.165) is 14.2 Å². The Balaban J connectivity index is 6.35. The Morgan fingerprint density at radius 1 is 0.958 bits per heavy atom. The standard InChI is InChI=1S/C10H18Cl2O10P2/c1-19-8(13)7-10(9(14)20-2,23(15,16)21-5-3-11)24(17,18)22-6-4-12/h3-7H2,1-2H3,(H,15,16)(H,17,18). The molecule has 0 rings (SSSR count). The average molecular weight is 431 g/mol. The van der Waals surface area contributed by atoms with Crippen molar-refractivity contribution in [1.82, 2.24) is 0 Å². The normalized spacial score (nSPS) is 18.8. The number of ether oxygens (including phenoxy) is 2. The molecule has 14 heteroatoms. The molecule has 0 fully saturated rings. The molecule has 0 saturated heterocycles. The lowest BCUT2D eigenvalue weighted by Gasteiger charge is -2.35. The molecule has 0 aromatic carbocycles. The van der Waals surface area contributed by atoms with Crippen LogP contribution in [0, 0.1) is 0 Å². The number of hydrogen-bond acceptors (Lipinski definition) is 8. The Kier molecular flexibility index (Phi) is 10.0. The van der Waals surface area contributed by atoms with Crippen molar-refractivity contribution in [2.45, 2.75) is 11.3 Å². The molecule has 0 aliphatic carbocycles. The van der Waals surface area contributed by atoms with E-state index < -0.39 is 51.7 Å². The van der Waals surface area contributed by atoms with Gasteiger partial charge in [0.1, 0.15) is 0 Å². The van der Waals surface area contributed by atoms with Crippen molar-refractivity contribution >= 4 is 50.3 Å². The van der Waals surface area contributed by atoms with Crippen LogP contribution in [0.1, 0.15) is 6.42 Å². The maximum Gasteiger partial charge on any atom is 0.358 e. The maximum absolute atomic E-state index is 12.6. The van der Waals surface area contributed by atoms with Crippen LogP contribution in [-0.4, -0.2) is 65.8 Å². The monoisotopic (exact) mass is 430 g/mol. The maximum atomic E-state index is 12.6. The molecule has 10 nitrogen and oxygen atoms in total. The highest BCUT2D eigenvalue weighted by Crippen LogP contribution is 2.75. The van der Waals surface area contributed by atoms with Crippen LogP contribution < -0.4 is 0 Å². The molecule has 0 saturated carbocycles. The van der Waals surface area contributed by atoms with Crippen molar-refractivity contribution in [3.63, 3.8) is 0 Å². The minimum absolute atomic E-state index is 0.266. The molecule has 2 unspecified atom stereocenters. The number of rotatable bonds is 11. The molecule has 0 heterocycles. The van der Waals surface area contributed by atoms with Gasteiger partial charge in [0.2, 0.25) is 0 Å². The number of carbonyl (C=O) groups is 2. The van der Waals surface area contributed by atoms with Crippen LogP contribution in [-0.2, 0) is 37.2 Å². The molecular weight excluding hydrogens is 413 g/mol. The van der Waals surface area contributed by atoms with Gasteiger partial charge in [0.25, 0.3) is 4.90 Å². The van der Waals surface area contributed by atoms with Crippen molar-refractivity contribution in [3.8, 4) is 0 Å². The van der Waals surface area contributed by atoms with Gasteiger partial charge in [-0.2, -0.15) is 0 Å². The van der Waals surface area contributed by atoms with Crippen LogP contribution in [0.15, 0.2) is 0 Å². The lowest BCUT2D eigenvalue weighted by atomic mass is 10.3. The predicted octanol–water partition coefficient (Wildman–Crippen LogP) is 1.30. The van der Waals surface area contributed by atoms with Gasteiger partial charge >= 0.3 is 27.1 Å². The second kappa shape index (κ2) is 10.1. The summed E-state index contributed by atoms with van der Waals surface area (Å²) in [5.41, 5.74) is 0.